The molecule has 6 nitrogen and oxygen atoms in total. The Bertz CT molecular complexity index is 745. The van der Waals surface area contributed by atoms with E-state index in [1.54, 1.807) is 37.4 Å². The third kappa shape index (κ3) is 4.99. The minimum absolute atomic E-state index is 0.0887. The molecule has 0 aromatic heterocycles. The van der Waals surface area contributed by atoms with Gasteiger partial charge in [-0.2, -0.15) is 0 Å². The summed E-state index contributed by atoms with van der Waals surface area (Å²) in [6.45, 7) is 1.62. The van der Waals surface area contributed by atoms with E-state index in [0.717, 1.165) is 10.0 Å². The highest BCUT2D eigenvalue weighted by Gasteiger charge is 2.08. The maximum atomic E-state index is 11.7. The standard InChI is InChI=1S/C17H17BrN2O4/c1-11-9-13(18)5-8-15(11)23-10-16(21)24-20-17(19)12-3-6-14(22-2)7-4-12/h3-9H,10H2,1-2H3,(H2,19,20). The number of nitrogens with two attached hydrogens (primary N) is 1. The third-order valence-corrected chi connectivity index (χ3v) is 3.61. The van der Waals surface area contributed by atoms with Gasteiger partial charge in [-0.1, -0.05) is 21.1 Å². The molecule has 2 rings (SSSR count). The van der Waals surface area contributed by atoms with Crippen molar-refractivity contribution in [3.8, 4) is 11.5 Å². The fraction of sp³-hybridized carbons (Fsp3) is 0.176. The lowest BCUT2D eigenvalue weighted by molar-refractivity contribution is -0.146. The van der Waals surface area contributed by atoms with Crippen LogP contribution in [0.15, 0.2) is 52.1 Å². The zero-order valence-electron chi connectivity index (χ0n) is 13.3. The Kier molecular flexibility index (Phi) is 6.20. The number of ether oxygens (including phenoxy) is 2. The fourth-order valence-electron chi connectivity index (χ4n) is 1.85. The Hall–Kier alpha value is -2.54. The Labute approximate surface area is 148 Å². The van der Waals surface area contributed by atoms with E-state index in [-0.39, 0.29) is 12.4 Å². The molecule has 0 amide bonds. The number of oxime groups is 1. The molecule has 0 unspecified atom stereocenters. The summed E-state index contributed by atoms with van der Waals surface area (Å²) in [6.07, 6.45) is 0. The third-order valence-electron chi connectivity index (χ3n) is 3.11. The highest BCUT2D eigenvalue weighted by molar-refractivity contribution is 9.10. The van der Waals surface area contributed by atoms with Crippen LogP contribution in [0.4, 0.5) is 0 Å². The smallest absolute Gasteiger partial charge is 0.372 e. The highest BCUT2D eigenvalue weighted by atomic mass is 79.9. The summed E-state index contributed by atoms with van der Waals surface area (Å²) in [5.41, 5.74) is 7.29. The van der Waals surface area contributed by atoms with Crippen molar-refractivity contribution < 1.29 is 19.1 Å². The van der Waals surface area contributed by atoms with Crippen LogP contribution in [0.1, 0.15) is 11.1 Å². The molecule has 0 bridgehead atoms. The molecule has 0 heterocycles. The molecule has 0 spiro atoms. The van der Waals surface area contributed by atoms with Gasteiger partial charge in [-0.3, -0.25) is 0 Å². The number of amidine groups is 1. The van der Waals surface area contributed by atoms with Gasteiger partial charge in [-0.15, -0.1) is 0 Å². The molecule has 0 saturated heterocycles. The van der Waals surface area contributed by atoms with Crippen LogP contribution >= 0.6 is 15.9 Å². The summed E-state index contributed by atoms with van der Waals surface area (Å²) in [5.74, 6) is 0.740. The van der Waals surface area contributed by atoms with Crippen LogP contribution in [0.25, 0.3) is 0 Å². The number of benzene rings is 2. The first-order valence-corrected chi connectivity index (χ1v) is 7.85. The lowest BCUT2D eigenvalue weighted by atomic mass is 10.2. The van der Waals surface area contributed by atoms with Gasteiger partial charge in [-0.25, -0.2) is 4.79 Å². The molecule has 0 radical (unpaired) electrons. The van der Waals surface area contributed by atoms with Crippen LogP contribution in [-0.4, -0.2) is 25.5 Å². The molecule has 0 saturated carbocycles. The summed E-state index contributed by atoms with van der Waals surface area (Å²) < 4.78 is 11.4. The molecule has 126 valence electrons. The summed E-state index contributed by atoms with van der Waals surface area (Å²) in [7, 11) is 1.57. The van der Waals surface area contributed by atoms with Gasteiger partial charge in [0.25, 0.3) is 0 Å². The number of aryl methyl sites for hydroxylation is 1. The largest absolute Gasteiger partial charge is 0.497 e. The van der Waals surface area contributed by atoms with Crippen molar-refractivity contribution in [2.75, 3.05) is 13.7 Å². The Morgan fingerprint density at radius 1 is 1.21 bits per heavy atom. The van der Waals surface area contributed by atoms with Gasteiger partial charge in [0.2, 0.25) is 0 Å². The van der Waals surface area contributed by atoms with Crippen LogP contribution in [0.3, 0.4) is 0 Å². The molecular formula is C17H17BrN2O4. The van der Waals surface area contributed by atoms with Crippen LogP contribution < -0.4 is 15.2 Å². The second kappa shape index (κ2) is 8.35. The van der Waals surface area contributed by atoms with Gasteiger partial charge >= 0.3 is 5.97 Å². The molecule has 7 heteroatoms. The lowest BCUT2D eigenvalue weighted by Gasteiger charge is -2.08. The minimum Gasteiger partial charge on any atom is -0.497 e. The number of rotatable bonds is 6. The van der Waals surface area contributed by atoms with E-state index in [2.05, 4.69) is 21.1 Å². The quantitative estimate of drug-likeness (QED) is 0.353. The monoisotopic (exact) mass is 392 g/mol. The van der Waals surface area contributed by atoms with E-state index in [9.17, 15) is 4.79 Å². The number of nitrogens with zero attached hydrogens (tertiary/aromatic N) is 1. The number of carbonyl (C=O) groups excluding carboxylic acids is 1. The average molecular weight is 393 g/mol. The topological polar surface area (TPSA) is 83.1 Å². The van der Waals surface area contributed by atoms with E-state index in [0.29, 0.717) is 17.1 Å². The van der Waals surface area contributed by atoms with Crippen LogP contribution in [0.2, 0.25) is 0 Å². The van der Waals surface area contributed by atoms with Gasteiger partial charge in [0.05, 0.1) is 7.11 Å². The SMILES string of the molecule is COc1ccc(C(N)=NOC(=O)COc2ccc(Br)cc2C)cc1. The second-order valence-electron chi connectivity index (χ2n) is 4.87. The molecule has 0 aliphatic heterocycles. The molecule has 2 aromatic carbocycles. The fourth-order valence-corrected chi connectivity index (χ4v) is 2.33. The molecule has 0 aliphatic rings. The van der Waals surface area contributed by atoms with Crippen molar-refractivity contribution in [3.63, 3.8) is 0 Å². The molecule has 2 aromatic rings. The summed E-state index contributed by atoms with van der Waals surface area (Å²) in [4.78, 5) is 16.5. The number of methoxy groups -OCH3 is 1. The molecule has 0 fully saturated rings. The van der Waals surface area contributed by atoms with Crippen molar-refractivity contribution in [1.29, 1.82) is 0 Å². The minimum atomic E-state index is -0.645. The van der Waals surface area contributed by atoms with E-state index in [1.165, 1.54) is 0 Å². The van der Waals surface area contributed by atoms with Gasteiger partial charge in [-0.05, 0) is 55.0 Å². The van der Waals surface area contributed by atoms with E-state index < -0.39 is 5.97 Å². The van der Waals surface area contributed by atoms with Crippen LogP contribution in [0, 0.1) is 6.92 Å². The lowest BCUT2D eigenvalue weighted by Crippen LogP contribution is -2.18. The first-order valence-electron chi connectivity index (χ1n) is 7.06. The van der Waals surface area contributed by atoms with Crippen molar-refractivity contribution in [1.82, 2.24) is 0 Å². The van der Waals surface area contributed by atoms with Crippen molar-refractivity contribution in [2.24, 2.45) is 10.9 Å². The van der Waals surface area contributed by atoms with Gasteiger partial charge in [0.1, 0.15) is 11.5 Å². The second-order valence-corrected chi connectivity index (χ2v) is 5.78. The zero-order chi connectivity index (χ0) is 17.5. The maximum Gasteiger partial charge on any atom is 0.372 e. The maximum absolute atomic E-state index is 11.7. The Balaban J connectivity index is 1.89. The van der Waals surface area contributed by atoms with E-state index in [4.69, 9.17) is 20.0 Å². The number of halogens is 1. The first kappa shape index (κ1) is 17.8. The average Bonchev–Trinajstić information content (AvgIpc) is 2.59. The van der Waals surface area contributed by atoms with Crippen molar-refractivity contribution in [3.05, 3.63) is 58.1 Å². The Morgan fingerprint density at radius 2 is 1.92 bits per heavy atom. The zero-order valence-corrected chi connectivity index (χ0v) is 14.9. The number of hydrogen-bond acceptors (Lipinski definition) is 5. The first-order chi connectivity index (χ1) is 11.5. The van der Waals surface area contributed by atoms with Crippen LogP contribution in [-0.2, 0) is 9.63 Å². The predicted octanol–water partition coefficient (Wildman–Crippen LogP) is 3.01. The van der Waals surface area contributed by atoms with Gasteiger partial charge in [0, 0.05) is 10.0 Å². The van der Waals surface area contributed by atoms with Crippen LogP contribution in [0.5, 0.6) is 11.5 Å². The normalized spacial score (nSPS) is 11.0. The van der Waals surface area contributed by atoms with Gasteiger partial charge in [0.15, 0.2) is 12.4 Å². The van der Waals surface area contributed by atoms with Gasteiger partial charge < -0.3 is 20.0 Å². The number of hydrogen-bond donors (Lipinski definition) is 1. The molecule has 0 aliphatic carbocycles. The predicted molar refractivity (Wildman–Crippen MR) is 94.2 cm³/mol. The Morgan fingerprint density at radius 3 is 2.54 bits per heavy atom. The summed E-state index contributed by atoms with van der Waals surface area (Å²) in [5, 5.41) is 3.62. The summed E-state index contributed by atoms with van der Waals surface area (Å²) >= 11 is 3.36. The molecular weight excluding hydrogens is 376 g/mol. The van der Waals surface area contributed by atoms with E-state index in [1.807, 2.05) is 19.1 Å². The summed E-state index contributed by atoms with van der Waals surface area (Å²) in [6, 6.07) is 12.4. The molecule has 0 atom stereocenters. The highest BCUT2D eigenvalue weighted by Crippen LogP contribution is 2.22. The van der Waals surface area contributed by atoms with Crippen molar-refractivity contribution >= 4 is 27.7 Å². The number of carbonyl (C=O) groups is 1. The molecule has 24 heavy (non-hydrogen) atoms. The van der Waals surface area contributed by atoms with E-state index >= 15 is 0 Å². The molecule has 2 N–H and O–H groups in total. The van der Waals surface area contributed by atoms with Crippen molar-refractivity contribution in [2.45, 2.75) is 6.92 Å².